The van der Waals surface area contributed by atoms with E-state index in [2.05, 4.69) is 27.1 Å². The van der Waals surface area contributed by atoms with Crippen LogP contribution in [0.15, 0.2) is 42.6 Å². The molecule has 1 aliphatic carbocycles. The number of carbonyl (C=O) groups is 1. The molecule has 1 N–H and O–H groups in total. The van der Waals surface area contributed by atoms with Crippen LogP contribution in [0, 0.1) is 25.1 Å². The van der Waals surface area contributed by atoms with Gasteiger partial charge in [-0.2, -0.15) is 15.1 Å². The lowest BCUT2D eigenvalue weighted by molar-refractivity contribution is 0.0214. The van der Waals surface area contributed by atoms with Gasteiger partial charge in [0.15, 0.2) is 5.75 Å². The monoisotopic (exact) mass is 744 g/mol. The van der Waals surface area contributed by atoms with Gasteiger partial charge < -0.3 is 28.7 Å². The number of rotatable bonds is 9. The largest absolute Gasteiger partial charge is 0.486 e. The van der Waals surface area contributed by atoms with Gasteiger partial charge in [0.1, 0.15) is 36.0 Å². The van der Waals surface area contributed by atoms with Crippen molar-refractivity contribution in [2.45, 2.75) is 96.1 Å². The molecule has 0 unspecified atom stereocenters. The summed E-state index contributed by atoms with van der Waals surface area (Å²) < 4.78 is 40.8. The van der Waals surface area contributed by atoms with E-state index < -0.39 is 5.60 Å². The summed E-state index contributed by atoms with van der Waals surface area (Å²) in [5.41, 5.74) is 5.35. The van der Waals surface area contributed by atoms with Gasteiger partial charge in [-0.3, -0.25) is 5.10 Å². The van der Waals surface area contributed by atoms with Crippen molar-refractivity contribution in [3.8, 4) is 35.2 Å². The number of terminal acetylenes is 1. The van der Waals surface area contributed by atoms with E-state index >= 15 is 4.39 Å². The molecule has 2 aromatic heterocycles. The maximum Gasteiger partial charge on any atom is 0.410 e. The fraction of sp³-hybridized carbons (Fsp3) is 0.442. The van der Waals surface area contributed by atoms with Gasteiger partial charge in [-0.1, -0.05) is 18.1 Å². The zero-order valence-corrected chi connectivity index (χ0v) is 31.7. The average Bonchev–Trinajstić information content (AvgIpc) is 3.53. The Morgan fingerprint density at radius 1 is 1.05 bits per heavy atom. The van der Waals surface area contributed by atoms with Gasteiger partial charge in [0, 0.05) is 47.2 Å². The van der Waals surface area contributed by atoms with Crippen molar-refractivity contribution in [2.75, 3.05) is 31.2 Å². The predicted octanol–water partition coefficient (Wildman–Crippen LogP) is 7.81. The molecule has 0 radical (unpaired) electrons. The van der Waals surface area contributed by atoms with Crippen LogP contribution in [0.25, 0.3) is 32.9 Å². The predicted molar refractivity (Wildman–Crippen MR) is 207 cm³/mol. The molecule has 11 nitrogen and oxygen atoms in total. The van der Waals surface area contributed by atoms with E-state index in [9.17, 15) is 4.79 Å². The molecule has 9 rings (SSSR count). The maximum atomic E-state index is 15.8. The number of H-pyrrole nitrogens is 1. The number of amides is 1. The number of halogens is 1. The van der Waals surface area contributed by atoms with Gasteiger partial charge in [-0.05, 0) is 107 Å². The van der Waals surface area contributed by atoms with Crippen molar-refractivity contribution in [3.05, 3.63) is 70.7 Å². The molecule has 3 saturated heterocycles. The number of aromatic nitrogens is 4. The average molecular weight is 745 g/mol. The molecule has 4 aliphatic rings. The highest BCUT2D eigenvalue weighted by Gasteiger charge is 2.48. The minimum absolute atomic E-state index is 0.0146. The summed E-state index contributed by atoms with van der Waals surface area (Å²) in [5, 5.41) is 8.91. The summed E-state index contributed by atoms with van der Waals surface area (Å²) >= 11 is 0. The number of benzene rings is 3. The summed E-state index contributed by atoms with van der Waals surface area (Å²) in [5.74, 6) is 3.84. The first-order valence-corrected chi connectivity index (χ1v) is 19.2. The standard InChI is InChI=1S/C43H45FN6O5/c1-6-25-9-11-26(12-10-25)22-53-39-37(36-24(2)34(44)18-35-33(36)19-45-48-35)31(27-13-14-27)17-32-38(39)46-41(54-23-30-8-7-15-52-30)47-40(32)49-20-29-16-28(49)21-50(29)42(51)55-43(3,4)5/h1,9-12,17-19,27-30H,7-8,13-16,20-23H2,2-5H3,(H,45,48)/t28-,29-,30+/m0/s1. The first-order valence-electron chi connectivity index (χ1n) is 19.2. The molecule has 2 bridgehead atoms. The quantitative estimate of drug-likeness (QED) is 0.151. The van der Waals surface area contributed by atoms with E-state index in [4.69, 9.17) is 35.3 Å². The molecule has 3 aliphatic heterocycles. The number of nitrogens with one attached hydrogen (secondary N) is 1. The van der Waals surface area contributed by atoms with Gasteiger partial charge in [0.2, 0.25) is 0 Å². The minimum Gasteiger partial charge on any atom is -0.486 e. The number of piperazine rings is 1. The molecule has 1 saturated carbocycles. The van der Waals surface area contributed by atoms with Crippen molar-refractivity contribution in [1.29, 1.82) is 0 Å². The molecule has 5 heterocycles. The molecule has 0 spiro atoms. The van der Waals surface area contributed by atoms with Crippen LogP contribution < -0.4 is 14.4 Å². The third kappa shape index (κ3) is 6.69. The fourth-order valence-corrected chi connectivity index (χ4v) is 8.37. The van der Waals surface area contributed by atoms with Gasteiger partial charge in [0.25, 0.3) is 0 Å². The molecule has 5 aromatic rings. The summed E-state index contributed by atoms with van der Waals surface area (Å²) in [7, 11) is 0. The molecule has 3 aromatic carbocycles. The van der Waals surface area contributed by atoms with Crippen molar-refractivity contribution in [2.24, 2.45) is 0 Å². The third-order valence-electron chi connectivity index (χ3n) is 11.2. The summed E-state index contributed by atoms with van der Waals surface area (Å²) in [6.45, 7) is 9.79. The highest BCUT2D eigenvalue weighted by atomic mass is 19.1. The first-order chi connectivity index (χ1) is 26.5. The summed E-state index contributed by atoms with van der Waals surface area (Å²) in [4.78, 5) is 27.6. The number of aromatic amines is 1. The summed E-state index contributed by atoms with van der Waals surface area (Å²) in [6, 6.07) is 11.6. The zero-order chi connectivity index (χ0) is 38.0. The Hall–Kier alpha value is -5.41. The van der Waals surface area contributed by atoms with Gasteiger partial charge in [0.05, 0.1) is 29.9 Å². The SMILES string of the molecule is C#Cc1ccc(COc2c(-c3c(C)c(F)cc4[nH]ncc34)c(C3CC3)cc3c(N4C[C@@H]5C[C@H]4CN5C(=O)OC(C)(C)C)nc(OC[C@H]4CCCO4)nc23)cc1. The molecule has 1 amide bonds. The topological polar surface area (TPSA) is 115 Å². The van der Waals surface area contributed by atoms with Crippen LogP contribution in [0.2, 0.25) is 0 Å². The normalized spacial score (nSPS) is 20.8. The number of fused-ring (bicyclic) bond motifs is 4. The highest BCUT2D eigenvalue weighted by Crippen LogP contribution is 2.53. The van der Waals surface area contributed by atoms with Crippen molar-refractivity contribution >= 4 is 33.7 Å². The van der Waals surface area contributed by atoms with E-state index in [0.717, 1.165) is 76.5 Å². The van der Waals surface area contributed by atoms with Crippen LogP contribution >= 0.6 is 0 Å². The van der Waals surface area contributed by atoms with Crippen molar-refractivity contribution in [1.82, 2.24) is 25.1 Å². The molecule has 12 heteroatoms. The van der Waals surface area contributed by atoms with Crippen LogP contribution in [-0.2, 0) is 16.1 Å². The Morgan fingerprint density at radius 3 is 2.56 bits per heavy atom. The molecular weight excluding hydrogens is 700 g/mol. The Bertz CT molecular complexity index is 2340. The Morgan fingerprint density at radius 2 is 1.87 bits per heavy atom. The molecule has 3 atom stereocenters. The molecule has 55 heavy (non-hydrogen) atoms. The Balaban J connectivity index is 1.23. The maximum absolute atomic E-state index is 15.8. The number of hydrogen-bond acceptors (Lipinski definition) is 9. The van der Waals surface area contributed by atoms with Gasteiger partial charge in [-0.15, -0.1) is 6.42 Å². The number of hydrogen-bond donors (Lipinski definition) is 1. The van der Waals surface area contributed by atoms with Crippen LogP contribution in [0.1, 0.15) is 81.0 Å². The van der Waals surface area contributed by atoms with E-state index in [1.54, 1.807) is 13.1 Å². The zero-order valence-electron chi connectivity index (χ0n) is 31.7. The number of likely N-dealkylation sites (tertiary alicyclic amines) is 1. The lowest BCUT2D eigenvalue weighted by Crippen LogP contribution is -2.50. The van der Waals surface area contributed by atoms with Crippen molar-refractivity contribution < 1.29 is 28.1 Å². The van der Waals surface area contributed by atoms with Crippen LogP contribution in [0.5, 0.6) is 11.8 Å². The van der Waals surface area contributed by atoms with Crippen LogP contribution in [0.4, 0.5) is 15.0 Å². The van der Waals surface area contributed by atoms with Crippen LogP contribution in [0.3, 0.4) is 0 Å². The Labute approximate surface area is 319 Å². The van der Waals surface area contributed by atoms with E-state index in [-0.39, 0.29) is 48.6 Å². The number of nitrogens with zero attached hydrogens (tertiary/aromatic N) is 5. The van der Waals surface area contributed by atoms with E-state index in [0.29, 0.717) is 48.6 Å². The van der Waals surface area contributed by atoms with Gasteiger partial charge in [-0.25, -0.2) is 9.18 Å². The second kappa shape index (κ2) is 13.7. The number of carbonyl (C=O) groups excluding carboxylic acids is 1. The summed E-state index contributed by atoms with van der Waals surface area (Å²) in [6.07, 6.45) is 11.7. The molecule has 4 fully saturated rings. The van der Waals surface area contributed by atoms with Gasteiger partial charge >= 0.3 is 12.1 Å². The fourth-order valence-electron chi connectivity index (χ4n) is 8.37. The lowest BCUT2D eigenvalue weighted by atomic mass is 9.88. The number of ether oxygens (including phenoxy) is 4. The Kier molecular flexibility index (Phi) is 8.80. The lowest BCUT2D eigenvalue weighted by Gasteiger charge is -2.36. The second-order valence-electron chi connectivity index (χ2n) is 16.3. The number of anilines is 1. The van der Waals surface area contributed by atoms with E-state index in [1.165, 1.54) is 6.07 Å². The van der Waals surface area contributed by atoms with Crippen LogP contribution in [-0.4, -0.2) is 81.3 Å². The smallest absolute Gasteiger partial charge is 0.410 e. The third-order valence-corrected chi connectivity index (χ3v) is 11.2. The second-order valence-corrected chi connectivity index (χ2v) is 16.3. The van der Waals surface area contributed by atoms with E-state index in [1.807, 2.05) is 49.9 Å². The highest BCUT2D eigenvalue weighted by molar-refractivity contribution is 6.06. The first kappa shape index (κ1) is 35.3. The molecule has 284 valence electrons. The minimum atomic E-state index is -0.588. The molecular formula is C43H45FN6O5. The van der Waals surface area contributed by atoms with Crippen molar-refractivity contribution in [3.63, 3.8) is 0 Å².